The number of nitrogens with one attached hydrogen (secondary N) is 1. The molecule has 2 rings (SSSR count). The van der Waals surface area contributed by atoms with E-state index in [9.17, 15) is 22.4 Å². The summed E-state index contributed by atoms with van der Waals surface area (Å²) in [6.45, 7) is -0.525. The Labute approximate surface area is 117 Å². The molecule has 2 aromatic rings. The highest BCUT2D eigenvalue weighted by atomic mass is 19.2. The number of carbonyl (C=O) groups is 1. The molecule has 0 radical (unpaired) electrons. The van der Waals surface area contributed by atoms with Crippen LogP contribution in [0, 0.1) is 23.3 Å². The van der Waals surface area contributed by atoms with Crippen molar-refractivity contribution in [2.45, 2.75) is 0 Å². The van der Waals surface area contributed by atoms with Crippen LogP contribution in [0.15, 0.2) is 36.4 Å². The Morgan fingerprint density at radius 2 is 1.62 bits per heavy atom. The zero-order valence-electron chi connectivity index (χ0n) is 10.5. The van der Waals surface area contributed by atoms with Crippen LogP contribution in [-0.2, 0) is 4.79 Å². The molecule has 0 aliphatic rings. The van der Waals surface area contributed by atoms with Crippen LogP contribution in [0.5, 0.6) is 5.75 Å². The van der Waals surface area contributed by atoms with Crippen molar-refractivity contribution in [3.8, 4) is 5.75 Å². The van der Waals surface area contributed by atoms with Crippen molar-refractivity contribution in [2.24, 2.45) is 0 Å². The van der Waals surface area contributed by atoms with Gasteiger partial charge in [-0.1, -0.05) is 0 Å². The summed E-state index contributed by atoms with van der Waals surface area (Å²) < 4.78 is 56.3. The molecule has 0 bridgehead atoms. The first kappa shape index (κ1) is 14.8. The van der Waals surface area contributed by atoms with E-state index < -0.39 is 35.8 Å². The molecule has 0 unspecified atom stereocenters. The van der Waals surface area contributed by atoms with Crippen molar-refractivity contribution >= 4 is 11.6 Å². The number of hydrogen-bond acceptors (Lipinski definition) is 2. The maximum Gasteiger partial charge on any atom is 0.262 e. The summed E-state index contributed by atoms with van der Waals surface area (Å²) in [5.74, 6) is -4.58. The Morgan fingerprint density at radius 3 is 2.24 bits per heavy atom. The molecule has 2 aromatic carbocycles. The molecule has 0 aromatic heterocycles. The summed E-state index contributed by atoms with van der Waals surface area (Å²) in [7, 11) is 0. The number of benzene rings is 2. The second-order valence-electron chi connectivity index (χ2n) is 4.07. The highest BCUT2D eigenvalue weighted by molar-refractivity contribution is 5.91. The van der Waals surface area contributed by atoms with Crippen molar-refractivity contribution in [1.82, 2.24) is 0 Å². The zero-order valence-corrected chi connectivity index (χ0v) is 10.5. The summed E-state index contributed by atoms with van der Waals surface area (Å²) in [4.78, 5) is 11.5. The lowest BCUT2D eigenvalue weighted by molar-refractivity contribution is -0.118. The predicted molar refractivity (Wildman–Crippen MR) is 66.8 cm³/mol. The molecule has 0 saturated heterocycles. The molecule has 1 amide bonds. The maximum absolute atomic E-state index is 12.9. The number of anilines is 1. The minimum atomic E-state index is -1.11. The van der Waals surface area contributed by atoms with E-state index in [1.807, 2.05) is 0 Å². The van der Waals surface area contributed by atoms with Gasteiger partial charge in [-0.3, -0.25) is 4.79 Å². The fraction of sp³-hybridized carbons (Fsp3) is 0.0714. The van der Waals surface area contributed by atoms with E-state index in [1.54, 1.807) is 0 Å². The van der Waals surface area contributed by atoms with Crippen molar-refractivity contribution in [3.05, 3.63) is 59.7 Å². The van der Waals surface area contributed by atoms with Gasteiger partial charge < -0.3 is 10.1 Å². The molecule has 3 nitrogen and oxygen atoms in total. The van der Waals surface area contributed by atoms with Crippen molar-refractivity contribution < 1.29 is 27.1 Å². The SMILES string of the molecule is O=C(COc1ccc(F)c(F)c1)Nc1cc(F)cc(F)c1. The van der Waals surface area contributed by atoms with Crippen LogP contribution >= 0.6 is 0 Å². The average molecular weight is 299 g/mol. The smallest absolute Gasteiger partial charge is 0.262 e. The Kier molecular flexibility index (Phi) is 4.42. The van der Waals surface area contributed by atoms with Gasteiger partial charge in [0.1, 0.15) is 17.4 Å². The second-order valence-corrected chi connectivity index (χ2v) is 4.07. The zero-order chi connectivity index (χ0) is 15.4. The number of hydrogen-bond donors (Lipinski definition) is 1. The lowest BCUT2D eigenvalue weighted by Gasteiger charge is -2.08. The van der Waals surface area contributed by atoms with Gasteiger partial charge in [-0.25, -0.2) is 17.6 Å². The van der Waals surface area contributed by atoms with Gasteiger partial charge in [0, 0.05) is 17.8 Å². The van der Waals surface area contributed by atoms with Crippen LogP contribution in [0.3, 0.4) is 0 Å². The summed E-state index contributed by atoms with van der Waals surface area (Å²) in [5, 5.41) is 2.21. The van der Waals surface area contributed by atoms with Crippen LogP contribution in [-0.4, -0.2) is 12.5 Å². The first-order valence-corrected chi connectivity index (χ1v) is 5.78. The average Bonchev–Trinajstić information content (AvgIpc) is 2.39. The first-order chi connectivity index (χ1) is 9.94. The van der Waals surface area contributed by atoms with Crippen LogP contribution < -0.4 is 10.1 Å². The van der Waals surface area contributed by atoms with Crippen LogP contribution in [0.2, 0.25) is 0 Å². The quantitative estimate of drug-likeness (QED) is 0.880. The minimum Gasteiger partial charge on any atom is -0.484 e. The maximum atomic E-state index is 12.9. The summed E-state index contributed by atoms with van der Waals surface area (Å²) in [6, 6.07) is 5.30. The van der Waals surface area contributed by atoms with Gasteiger partial charge >= 0.3 is 0 Å². The third-order valence-corrected chi connectivity index (χ3v) is 2.41. The van der Waals surface area contributed by atoms with Gasteiger partial charge in [0.25, 0.3) is 5.91 Å². The molecule has 0 aliphatic heterocycles. The molecular weight excluding hydrogens is 290 g/mol. The fourth-order valence-electron chi connectivity index (χ4n) is 1.54. The number of amides is 1. The highest BCUT2D eigenvalue weighted by Gasteiger charge is 2.08. The molecule has 0 saturated carbocycles. The predicted octanol–water partition coefficient (Wildman–Crippen LogP) is 3.26. The summed E-state index contributed by atoms with van der Waals surface area (Å²) in [5.41, 5.74) is -0.0774. The molecule has 7 heteroatoms. The fourth-order valence-corrected chi connectivity index (χ4v) is 1.54. The number of ether oxygens (including phenoxy) is 1. The summed E-state index contributed by atoms with van der Waals surface area (Å²) in [6.07, 6.45) is 0. The van der Waals surface area contributed by atoms with E-state index in [1.165, 1.54) is 0 Å². The Balaban J connectivity index is 1.94. The minimum absolute atomic E-state index is 0.0468. The molecule has 0 heterocycles. The number of carbonyl (C=O) groups excluding carboxylic acids is 1. The van der Waals surface area contributed by atoms with Gasteiger partial charge in [-0.15, -0.1) is 0 Å². The van der Waals surface area contributed by atoms with Crippen molar-refractivity contribution in [3.63, 3.8) is 0 Å². The Morgan fingerprint density at radius 1 is 0.952 bits per heavy atom. The van der Waals surface area contributed by atoms with E-state index in [2.05, 4.69) is 5.32 Å². The highest BCUT2D eigenvalue weighted by Crippen LogP contribution is 2.16. The van der Waals surface area contributed by atoms with Crippen LogP contribution in [0.4, 0.5) is 23.2 Å². The van der Waals surface area contributed by atoms with Crippen molar-refractivity contribution in [2.75, 3.05) is 11.9 Å². The number of rotatable bonds is 4. The van der Waals surface area contributed by atoms with E-state index in [4.69, 9.17) is 4.74 Å². The van der Waals surface area contributed by atoms with E-state index >= 15 is 0 Å². The second kappa shape index (κ2) is 6.25. The monoisotopic (exact) mass is 299 g/mol. The van der Waals surface area contributed by atoms with Gasteiger partial charge in [0.2, 0.25) is 0 Å². The first-order valence-electron chi connectivity index (χ1n) is 5.78. The third-order valence-electron chi connectivity index (χ3n) is 2.41. The topological polar surface area (TPSA) is 38.3 Å². The molecule has 0 atom stereocenters. The molecule has 21 heavy (non-hydrogen) atoms. The van der Waals surface area contributed by atoms with Gasteiger partial charge in [-0.05, 0) is 24.3 Å². The normalized spacial score (nSPS) is 10.3. The molecular formula is C14H9F4NO2. The van der Waals surface area contributed by atoms with E-state index in [0.717, 1.165) is 30.3 Å². The lowest BCUT2D eigenvalue weighted by Crippen LogP contribution is -2.20. The Hall–Kier alpha value is -2.57. The molecule has 0 aliphatic carbocycles. The van der Waals surface area contributed by atoms with Crippen LogP contribution in [0.1, 0.15) is 0 Å². The van der Waals surface area contributed by atoms with E-state index in [-0.39, 0.29) is 11.4 Å². The standard InChI is InChI=1S/C14H9F4NO2/c15-8-3-9(16)5-10(4-8)19-14(20)7-21-11-1-2-12(17)13(18)6-11/h1-6H,7H2,(H,19,20). The van der Waals surface area contributed by atoms with Gasteiger partial charge in [0.05, 0.1) is 0 Å². The van der Waals surface area contributed by atoms with E-state index in [0.29, 0.717) is 6.07 Å². The largest absolute Gasteiger partial charge is 0.484 e. The summed E-state index contributed by atoms with van der Waals surface area (Å²) >= 11 is 0. The molecule has 0 fully saturated rings. The van der Waals surface area contributed by atoms with Gasteiger partial charge in [0.15, 0.2) is 18.2 Å². The molecule has 1 N–H and O–H groups in total. The van der Waals surface area contributed by atoms with Crippen molar-refractivity contribution in [1.29, 1.82) is 0 Å². The molecule has 110 valence electrons. The number of halogens is 4. The van der Waals surface area contributed by atoms with Gasteiger partial charge in [-0.2, -0.15) is 0 Å². The molecule has 0 spiro atoms. The van der Waals surface area contributed by atoms with Crippen LogP contribution in [0.25, 0.3) is 0 Å². The third kappa shape index (κ3) is 4.20. The Bertz CT molecular complexity index is 656. The lowest BCUT2D eigenvalue weighted by atomic mass is 10.3.